The Hall–Kier alpha value is -5.21. The third-order valence-corrected chi connectivity index (χ3v) is 16.8. The largest absolute Gasteiger partial charge is 0.435 e. The minimum atomic E-state index is 0.653. The van der Waals surface area contributed by atoms with Crippen molar-refractivity contribution in [1.29, 1.82) is 0 Å². The lowest BCUT2D eigenvalue weighted by Crippen LogP contribution is -1.94. The molecule has 7 aromatic carbocycles. The summed E-state index contributed by atoms with van der Waals surface area (Å²) in [5.74, 6) is 0.653. The van der Waals surface area contributed by atoms with Gasteiger partial charge in [-0.2, -0.15) is 0 Å². The van der Waals surface area contributed by atoms with Gasteiger partial charge in [-0.3, -0.25) is 0 Å². The van der Waals surface area contributed by atoms with Crippen molar-refractivity contribution in [3.8, 4) is 33.7 Å². The number of aromatic nitrogens is 1. The van der Waals surface area contributed by atoms with E-state index in [1.165, 1.54) is 249 Å². The van der Waals surface area contributed by atoms with Gasteiger partial charge in [-0.1, -0.05) is 316 Å². The van der Waals surface area contributed by atoms with Crippen LogP contribution in [0.15, 0.2) is 120 Å². The van der Waals surface area contributed by atoms with Gasteiger partial charge in [-0.25, -0.2) is 4.98 Å². The van der Waals surface area contributed by atoms with E-state index in [1.807, 2.05) is 0 Å². The van der Waals surface area contributed by atoms with Crippen LogP contribution >= 0.6 is 0 Å². The smallest absolute Gasteiger partial charge is 0.227 e. The standard InChI is InChI=1S/C73H95NO/c1-4-7-9-11-13-15-17-19-21-23-25-27-29-31-33-35-39-57-45-49-59(50-46-57)67-55-63(73-74-71-65-43-37-41-61-53-54-62-42-38-44-66(72(71)75-73)70(62)69(61)65)56-68(64(67)6-3)60-51-47-58(48-52-60)40-36-34-32-30-28-26-24-22-20-18-16-14-12-10-8-5-2/h6,37-38,41-56H,3-5,7-36,39-40H2,1-2H3. The summed E-state index contributed by atoms with van der Waals surface area (Å²) >= 11 is 0. The molecular formula is C73H95NO. The predicted octanol–water partition coefficient (Wildman–Crippen LogP) is 24.0. The number of hydrogen-bond acceptors (Lipinski definition) is 2. The van der Waals surface area contributed by atoms with E-state index in [1.54, 1.807) is 0 Å². The molecule has 0 aliphatic carbocycles. The molecule has 398 valence electrons. The second-order valence-corrected chi connectivity index (χ2v) is 22.8. The third-order valence-electron chi connectivity index (χ3n) is 16.8. The Bertz CT molecular complexity index is 2690. The van der Waals surface area contributed by atoms with Crippen molar-refractivity contribution >= 4 is 49.5 Å². The summed E-state index contributed by atoms with van der Waals surface area (Å²) in [5.41, 5.74) is 11.5. The number of hydrogen-bond donors (Lipinski definition) is 0. The molecule has 0 fully saturated rings. The van der Waals surface area contributed by atoms with Gasteiger partial charge < -0.3 is 4.42 Å². The summed E-state index contributed by atoms with van der Waals surface area (Å²) in [4.78, 5) is 5.38. The fourth-order valence-electron chi connectivity index (χ4n) is 12.3. The highest BCUT2D eigenvalue weighted by Gasteiger charge is 2.21. The lowest BCUT2D eigenvalue weighted by molar-refractivity contribution is 0.529. The summed E-state index contributed by atoms with van der Waals surface area (Å²) in [6.07, 6.45) is 49.1. The number of nitrogens with zero attached hydrogens (tertiary/aromatic N) is 1. The number of unbranched alkanes of at least 4 members (excludes halogenated alkanes) is 30. The number of benzene rings is 7. The molecule has 1 heterocycles. The number of fused-ring (bicyclic) bond motifs is 3. The van der Waals surface area contributed by atoms with E-state index in [-0.39, 0.29) is 0 Å². The van der Waals surface area contributed by atoms with E-state index in [2.05, 4.69) is 136 Å². The predicted molar refractivity (Wildman–Crippen MR) is 331 cm³/mol. The molecule has 0 radical (unpaired) electrons. The van der Waals surface area contributed by atoms with E-state index in [0.717, 1.165) is 57.0 Å². The van der Waals surface area contributed by atoms with Gasteiger partial charge in [0.15, 0.2) is 5.58 Å². The van der Waals surface area contributed by atoms with Crippen LogP contribution in [0.1, 0.15) is 236 Å². The Morgan fingerprint density at radius 3 is 1.13 bits per heavy atom. The van der Waals surface area contributed by atoms with Crippen LogP contribution in [0.3, 0.4) is 0 Å². The fourth-order valence-corrected chi connectivity index (χ4v) is 12.3. The fraction of sp³-hybridized carbons (Fsp3) is 0.493. The SMILES string of the molecule is C=Cc1c(-c2ccc(CCCCCCCCCCCCCCCCCC)cc2)cc(-c2nc3c4cccc5ccc6cccc(c3o2)c6c54)cc1-c1ccc(CCCCCCCCCCCCCCCCCC)cc1. The second-order valence-electron chi connectivity index (χ2n) is 22.8. The third kappa shape index (κ3) is 16.2. The van der Waals surface area contributed by atoms with Crippen molar-refractivity contribution in [3.63, 3.8) is 0 Å². The molecule has 0 saturated carbocycles. The molecule has 0 saturated heterocycles. The van der Waals surface area contributed by atoms with E-state index < -0.39 is 0 Å². The first-order valence-electron chi connectivity index (χ1n) is 31.1. The van der Waals surface area contributed by atoms with Gasteiger partial charge in [0.2, 0.25) is 5.89 Å². The summed E-state index contributed by atoms with van der Waals surface area (Å²) in [7, 11) is 0. The molecule has 0 aliphatic rings. The van der Waals surface area contributed by atoms with Gasteiger partial charge in [0, 0.05) is 21.7 Å². The zero-order valence-corrected chi connectivity index (χ0v) is 47.1. The number of aryl methyl sites for hydroxylation is 2. The lowest BCUT2D eigenvalue weighted by atomic mass is 9.88. The Kier molecular flexibility index (Phi) is 23.2. The zero-order chi connectivity index (χ0) is 51.7. The van der Waals surface area contributed by atoms with Crippen LogP contribution in [-0.4, -0.2) is 4.98 Å². The van der Waals surface area contributed by atoms with Crippen molar-refractivity contribution in [2.24, 2.45) is 0 Å². The van der Waals surface area contributed by atoms with Crippen LogP contribution in [0.2, 0.25) is 0 Å². The van der Waals surface area contributed by atoms with Gasteiger partial charge in [0.05, 0.1) is 0 Å². The number of oxazole rings is 1. The van der Waals surface area contributed by atoms with Gasteiger partial charge in [0.1, 0.15) is 5.52 Å². The average molecular weight is 1000 g/mol. The van der Waals surface area contributed by atoms with Crippen LogP contribution in [0, 0.1) is 0 Å². The van der Waals surface area contributed by atoms with Crippen LogP contribution in [0.25, 0.3) is 83.2 Å². The molecule has 2 nitrogen and oxygen atoms in total. The molecular weight excluding hydrogens is 907 g/mol. The normalized spacial score (nSPS) is 11.9. The van der Waals surface area contributed by atoms with Crippen molar-refractivity contribution in [2.45, 2.75) is 232 Å². The van der Waals surface area contributed by atoms with E-state index in [9.17, 15) is 0 Å². The molecule has 8 aromatic rings. The highest BCUT2D eigenvalue weighted by atomic mass is 16.3. The van der Waals surface area contributed by atoms with Gasteiger partial charge in [0.25, 0.3) is 0 Å². The van der Waals surface area contributed by atoms with Crippen molar-refractivity contribution in [1.82, 2.24) is 4.98 Å². The Balaban J connectivity index is 0.896. The Morgan fingerprint density at radius 2 is 0.747 bits per heavy atom. The van der Waals surface area contributed by atoms with Crippen LogP contribution in [0.4, 0.5) is 0 Å². The highest BCUT2D eigenvalue weighted by Crippen LogP contribution is 2.44. The molecule has 8 rings (SSSR count). The molecule has 0 spiro atoms. The van der Waals surface area contributed by atoms with Crippen LogP contribution in [0.5, 0.6) is 0 Å². The van der Waals surface area contributed by atoms with E-state index >= 15 is 0 Å². The van der Waals surface area contributed by atoms with Crippen LogP contribution < -0.4 is 0 Å². The minimum absolute atomic E-state index is 0.653. The molecule has 0 N–H and O–H groups in total. The first-order valence-corrected chi connectivity index (χ1v) is 31.1. The van der Waals surface area contributed by atoms with E-state index in [4.69, 9.17) is 9.40 Å². The second kappa shape index (κ2) is 31.1. The number of rotatable bonds is 38. The Morgan fingerprint density at radius 1 is 0.387 bits per heavy atom. The van der Waals surface area contributed by atoms with E-state index in [0.29, 0.717) is 5.89 Å². The molecule has 75 heavy (non-hydrogen) atoms. The molecule has 2 heteroatoms. The van der Waals surface area contributed by atoms with Gasteiger partial charge in [-0.05, 0) is 92.9 Å². The average Bonchev–Trinajstić information content (AvgIpc) is 3.95. The van der Waals surface area contributed by atoms with Crippen molar-refractivity contribution < 1.29 is 4.42 Å². The lowest BCUT2D eigenvalue weighted by Gasteiger charge is -2.16. The van der Waals surface area contributed by atoms with Gasteiger partial charge >= 0.3 is 0 Å². The summed E-state index contributed by atoms with van der Waals surface area (Å²) in [6, 6.07) is 40.9. The highest BCUT2D eigenvalue weighted by molar-refractivity contribution is 6.32. The molecule has 1 aromatic heterocycles. The first kappa shape index (κ1) is 56.0. The summed E-state index contributed by atoms with van der Waals surface area (Å²) in [5, 5.41) is 7.24. The molecule has 0 unspecified atom stereocenters. The van der Waals surface area contributed by atoms with Crippen molar-refractivity contribution in [3.05, 3.63) is 132 Å². The first-order chi connectivity index (χ1) is 37.2. The maximum Gasteiger partial charge on any atom is 0.227 e. The Labute approximate surface area is 455 Å². The summed E-state index contributed by atoms with van der Waals surface area (Å²) in [6.45, 7) is 9.04. The maximum atomic E-state index is 6.97. The van der Waals surface area contributed by atoms with Gasteiger partial charge in [-0.15, -0.1) is 0 Å². The van der Waals surface area contributed by atoms with Crippen LogP contribution in [-0.2, 0) is 12.8 Å². The quantitative estimate of drug-likeness (QED) is 0.0285. The maximum absolute atomic E-state index is 6.97. The molecule has 0 bridgehead atoms. The topological polar surface area (TPSA) is 26.0 Å². The monoisotopic (exact) mass is 1000 g/mol. The summed E-state index contributed by atoms with van der Waals surface area (Å²) < 4.78 is 6.97. The van der Waals surface area contributed by atoms with Crippen molar-refractivity contribution in [2.75, 3.05) is 0 Å². The molecule has 0 atom stereocenters. The molecule has 0 aliphatic heterocycles. The zero-order valence-electron chi connectivity index (χ0n) is 47.1. The molecule has 0 amide bonds. The minimum Gasteiger partial charge on any atom is -0.435 e.